The van der Waals surface area contributed by atoms with Crippen molar-refractivity contribution in [3.05, 3.63) is 54.6 Å². The number of aryl methyl sites for hydroxylation is 2. The zero-order chi connectivity index (χ0) is 14.0. The van der Waals surface area contributed by atoms with Crippen molar-refractivity contribution < 1.29 is 0 Å². The van der Waals surface area contributed by atoms with E-state index in [4.69, 9.17) is 11.6 Å². The Bertz CT molecular complexity index is 580. The average molecular weight is 359 g/mol. The van der Waals surface area contributed by atoms with E-state index < -0.39 is 0 Å². The Kier molecular flexibility index (Phi) is 5.07. The van der Waals surface area contributed by atoms with E-state index in [1.165, 1.54) is 20.9 Å². The molecule has 0 bridgehead atoms. The Hall–Kier alpha value is -0.350. The average Bonchev–Trinajstić information content (AvgIpc) is 2.66. The first-order valence-corrected chi connectivity index (χ1v) is 8.27. The fourth-order valence-corrected chi connectivity index (χ4v) is 4.14. The highest BCUT2D eigenvalue weighted by Crippen LogP contribution is 2.35. The Labute approximate surface area is 132 Å². The van der Waals surface area contributed by atoms with Crippen molar-refractivity contribution in [3.8, 4) is 0 Å². The first kappa shape index (κ1) is 15.0. The Morgan fingerprint density at radius 1 is 1.26 bits per heavy atom. The molecule has 1 unspecified atom stereocenters. The van der Waals surface area contributed by atoms with Gasteiger partial charge in [0.2, 0.25) is 0 Å². The van der Waals surface area contributed by atoms with Crippen LogP contribution >= 0.6 is 38.9 Å². The molecule has 4 heteroatoms. The van der Waals surface area contributed by atoms with Crippen LogP contribution in [-0.4, -0.2) is 6.54 Å². The Morgan fingerprint density at radius 3 is 2.53 bits per heavy atom. The standard InChI is InChI=1S/C15H17BrClNS/c1-4-18-15(13-7-9(2)19-10(13)3)12-6-5-11(17)8-14(12)16/h5-8,15,18H,4H2,1-3H3. The zero-order valence-corrected chi connectivity index (χ0v) is 14.4. The summed E-state index contributed by atoms with van der Waals surface area (Å²) < 4.78 is 1.05. The molecule has 2 aromatic rings. The van der Waals surface area contributed by atoms with E-state index in [0.717, 1.165) is 16.0 Å². The SMILES string of the molecule is CCNC(c1ccc(Cl)cc1Br)c1cc(C)sc1C. The van der Waals surface area contributed by atoms with Crippen LogP contribution in [0.5, 0.6) is 0 Å². The van der Waals surface area contributed by atoms with Crippen molar-refractivity contribution in [1.82, 2.24) is 5.32 Å². The van der Waals surface area contributed by atoms with E-state index in [1.807, 2.05) is 23.5 Å². The lowest BCUT2D eigenvalue weighted by molar-refractivity contribution is 0.628. The number of halogens is 2. The van der Waals surface area contributed by atoms with Crippen LogP contribution in [0.3, 0.4) is 0 Å². The van der Waals surface area contributed by atoms with Crippen LogP contribution in [0.1, 0.15) is 33.8 Å². The number of hydrogen-bond acceptors (Lipinski definition) is 2. The van der Waals surface area contributed by atoms with Gasteiger partial charge in [0.1, 0.15) is 0 Å². The van der Waals surface area contributed by atoms with Crippen molar-refractivity contribution in [2.45, 2.75) is 26.8 Å². The molecule has 0 spiro atoms. The maximum atomic E-state index is 6.03. The van der Waals surface area contributed by atoms with Crippen LogP contribution in [0.15, 0.2) is 28.7 Å². The minimum absolute atomic E-state index is 0.210. The number of thiophene rings is 1. The second-order valence-electron chi connectivity index (χ2n) is 4.53. The number of nitrogens with one attached hydrogen (secondary N) is 1. The van der Waals surface area contributed by atoms with Gasteiger partial charge in [-0.1, -0.05) is 40.5 Å². The quantitative estimate of drug-likeness (QED) is 0.763. The fraction of sp³-hybridized carbons (Fsp3) is 0.333. The minimum Gasteiger partial charge on any atom is -0.306 e. The summed E-state index contributed by atoms with van der Waals surface area (Å²) in [5.74, 6) is 0. The summed E-state index contributed by atoms with van der Waals surface area (Å²) in [7, 11) is 0. The maximum Gasteiger partial charge on any atom is 0.0598 e. The summed E-state index contributed by atoms with van der Waals surface area (Å²) in [6.07, 6.45) is 0. The highest BCUT2D eigenvalue weighted by atomic mass is 79.9. The molecule has 0 saturated heterocycles. The lowest BCUT2D eigenvalue weighted by Crippen LogP contribution is -2.22. The number of benzene rings is 1. The van der Waals surface area contributed by atoms with Crippen LogP contribution in [0.25, 0.3) is 0 Å². The van der Waals surface area contributed by atoms with E-state index >= 15 is 0 Å². The Morgan fingerprint density at radius 2 is 2.00 bits per heavy atom. The van der Waals surface area contributed by atoms with E-state index in [9.17, 15) is 0 Å². The normalized spacial score (nSPS) is 12.7. The molecule has 102 valence electrons. The van der Waals surface area contributed by atoms with Gasteiger partial charge in [-0.2, -0.15) is 0 Å². The molecule has 1 atom stereocenters. The zero-order valence-electron chi connectivity index (χ0n) is 11.3. The maximum absolute atomic E-state index is 6.03. The van der Waals surface area contributed by atoms with Crippen molar-refractivity contribution in [1.29, 1.82) is 0 Å². The molecule has 0 amide bonds. The summed E-state index contributed by atoms with van der Waals surface area (Å²) in [6, 6.07) is 8.47. The van der Waals surface area contributed by atoms with Gasteiger partial charge in [-0.15, -0.1) is 11.3 Å². The van der Waals surface area contributed by atoms with Crippen LogP contribution in [0.4, 0.5) is 0 Å². The number of rotatable bonds is 4. The summed E-state index contributed by atoms with van der Waals surface area (Å²) in [5.41, 5.74) is 2.58. The molecular weight excluding hydrogens is 342 g/mol. The second-order valence-corrected chi connectivity index (χ2v) is 7.28. The van der Waals surface area contributed by atoms with Gasteiger partial charge >= 0.3 is 0 Å². The van der Waals surface area contributed by atoms with Gasteiger partial charge in [0.25, 0.3) is 0 Å². The van der Waals surface area contributed by atoms with E-state index in [-0.39, 0.29) is 6.04 Å². The van der Waals surface area contributed by atoms with E-state index in [1.54, 1.807) is 0 Å². The third-order valence-electron chi connectivity index (χ3n) is 3.07. The largest absolute Gasteiger partial charge is 0.306 e. The van der Waals surface area contributed by atoms with Crippen LogP contribution in [-0.2, 0) is 0 Å². The smallest absolute Gasteiger partial charge is 0.0598 e. The van der Waals surface area contributed by atoms with Gasteiger partial charge in [0.15, 0.2) is 0 Å². The molecule has 1 N–H and O–H groups in total. The predicted molar refractivity (Wildman–Crippen MR) is 88.5 cm³/mol. The van der Waals surface area contributed by atoms with Gasteiger partial charge in [-0.3, -0.25) is 0 Å². The molecule has 0 aliphatic heterocycles. The van der Waals surface area contributed by atoms with Crippen LogP contribution in [0, 0.1) is 13.8 Å². The third-order valence-corrected chi connectivity index (χ3v) is 4.98. The summed E-state index contributed by atoms with van der Waals surface area (Å²) in [6.45, 7) is 7.39. The van der Waals surface area contributed by atoms with Gasteiger partial charge in [-0.25, -0.2) is 0 Å². The third kappa shape index (κ3) is 3.40. The highest BCUT2D eigenvalue weighted by molar-refractivity contribution is 9.10. The van der Waals surface area contributed by atoms with Crippen LogP contribution in [0.2, 0.25) is 5.02 Å². The topological polar surface area (TPSA) is 12.0 Å². The monoisotopic (exact) mass is 357 g/mol. The van der Waals surface area contributed by atoms with Gasteiger partial charge in [-0.05, 0) is 49.7 Å². The molecule has 1 aromatic carbocycles. The molecular formula is C15H17BrClNS. The van der Waals surface area contributed by atoms with Crippen molar-refractivity contribution >= 4 is 38.9 Å². The molecule has 0 aliphatic rings. The predicted octanol–water partition coefficient (Wildman–Crippen LogP) is 5.48. The highest BCUT2D eigenvalue weighted by Gasteiger charge is 2.19. The molecule has 0 radical (unpaired) electrons. The Balaban J connectivity index is 2.48. The summed E-state index contributed by atoms with van der Waals surface area (Å²) >= 11 is 11.5. The lowest BCUT2D eigenvalue weighted by Gasteiger charge is -2.20. The fourth-order valence-electron chi connectivity index (χ4n) is 2.26. The number of hydrogen-bond donors (Lipinski definition) is 1. The summed E-state index contributed by atoms with van der Waals surface area (Å²) in [5, 5.41) is 4.32. The van der Waals surface area contributed by atoms with Gasteiger partial charge in [0, 0.05) is 19.2 Å². The lowest BCUT2D eigenvalue weighted by atomic mass is 9.99. The molecule has 0 aliphatic carbocycles. The molecule has 1 aromatic heterocycles. The molecule has 2 rings (SSSR count). The first-order chi connectivity index (χ1) is 9.02. The molecule has 1 heterocycles. The van der Waals surface area contributed by atoms with Crippen molar-refractivity contribution in [2.75, 3.05) is 6.54 Å². The van der Waals surface area contributed by atoms with E-state index in [2.05, 4.69) is 54.2 Å². The second kappa shape index (κ2) is 6.40. The molecule has 1 nitrogen and oxygen atoms in total. The summed E-state index contributed by atoms with van der Waals surface area (Å²) in [4.78, 5) is 2.71. The minimum atomic E-state index is 0.210. The van der Waals surface area contributed by atoms with Crippen molar-refractivity contribution in [2.24, 2.45) is 0 Å². The van der Waals surface area contributed by atoms with Crippen molar-refractivity contribution in [3.63, 3.8) is 0 Å². The molecule has 0 fully saturated rings. The molecule has 0 saturated carbocycles. The van der Waals surface area contributed by atoms with Gasteiger partial charge < -0.3 is 5.32 Å². The molecule has 19 heavy (non-hydrogen) atoms. The van der Waals surface area contributed by atoms with Gasteiger partial charge in [0.05, 0.1) is 6.04 Å². The van der Waals surface area contributed by atoms with Crippen LogP contribution < -0.4 is 5.32 Å². The first-order valence-electron chi connectivity index (χ1n) is 6.28. The van der Waals surface area contributed by atoms with E-state index in [0.29, 0.717) is 0 Å².